The van der Waals surface area contributed by atoms with E-state index in [9.17, 15) is 42.3 Å². The van der Waals surface area contributed by atoms with Crippen LogP contribution in [0, 0.1) is 5.41 Å². The largest absolute Gasteiger partial charge is 0.479 e. The first-order chi connectivity index (χ1) is 24.0. The second-order valence-electron chi connectivity index (χ2n) is 13.7. The minimum atomic E-state index is -5.38. The maximum Gasteiger partial charge on any atom is 0.471 e. The van der Waals surface area contributed by atoms with E-state index in [1.807, 2.05) is 5.32 Å². The number of nitrogens with one attached hydrogen (secondary N) is 1. The van der Waals surface area contributed by atoms with Crippen LogP contribution in [0.4, 0.5) is 29.3 Å². The third-order valence-electron chi connectivity index (χ3n) is 8.85. The summed E-state index contributed by atoms with van der Waals surface area (Å²) in [6.45, 7) is 3.78. The van der Waals surface area contributed by atoms with Gasteiger partial charge in [0.1, 0.15) is 0 Å². The molecular weight excluding hydrogens is 667 g/mol. The number of ketones is 1. The number of halogens is 3. The van der Waals surface area contributed by atoms with Crippen molar-refractivity contribution in [3.63, 3.8) is 0 Å². The number of alkyl halides is 3. The number of carbonyl (C=O) groups is 5. The van der Waals surface area contributed by atoms with Gasteiger partial charge in [0.15, 0.2) is 11.3 Å². The number of benzene rings is 3. The number of para-hydroxylation sites is 2. The van der Waals surface area contributed by atoms with Crippen molar-refractivity contribution in [2.45, 2.75) is 77.1 Å². The Morgan fingerprint density at radius 3 is 1.90 bits per heavy atom. The lowest BCUT2D eigenvalue weighted by atomic mass is 9.86. The minimum absolute atomic E-state index is 0.0627. The van der Waals surface area contributed by atoms with E-state index in [1.165, 1.54) is 18.2 Å². The Bertz CT molecular complexity index is 1700. The molecule has 10 nitrogen and oxygen atoms in total. The number of ether oxygens (including phenoxy) is 1. The second kappa shape index (κ2) is 16.2. The van der Waals surface area contributed by atoms with Crippen LogP contribution in [-0.4, -0.2) is 65.7 Å². The van der Waals surface area contributed by atoms with Crippen LogP contribution in [0.15, 0.2) is 84.9 Å². The van der Waals surface area contributed by atoms with E-state index >= 15 is 0 Å². The number of amides is 2. The molecule has 2 amide bonds. The molecule has 0 aromatic heterocycles. The van der Waals surface area contributed by atoms with Gasteiger partial charge in [-0.1, -0.05) is 101 Å². The van der Waals surface area contributed by atoms with Crippen LogP contribution in [0.3, 0.4) is 0 Å². The Labute approximate surface area is 294 Å². The summed E-state index contributed by atoms with van der Waals surface area (Å²) in [5, 5.41) is 12.5. The fourth-order valence-electron chi connectivity index (χ4n) is 6.00. The van der Waals surface area contributed by atoms with Gasteiger partial charge in [0.05, 0.1) is 30.0 Å². The zero-order valence-corrected chi connectivity index (χ0v) is 28.7. The highest BCUT2D eigenvalue weighted by Gasteiger charge is 2.50. The third-order valence-corrected chi connectivity index (χ3v) is 8.85. The number of esters is 1. The van der Waals surface area contributed by atoms with Gasteiger partial charge in [0.25, 0.3) is 0 Å². The molecule has 272 valence electrons. The molecule has 1 atom stereocenters. The monoisotopic (exact) mass is 709 g/mol. The first-order valence-electron chi connectivity index (χ1n) is 16.7. The van der Waals surface area contributed by atoms with Crippen LogP contribution >= 0.6 is 0 Å². The summed E-state index contributed by atoms with van der Waals surface area (Å²) < 4.78 is 46.5. The number of anilines is 2. The lowest BCUT2D eigenvalue weighted by Crippen LogP contribution is -2.65. The van der Waals surface area contributed by atoms with E-state index in [0.29, 0.717) is 18.4 Å². The van der Waals surface area contributed by atoms with Crippen molar-refractivity contribution < 1.29 is 47.0 Å². The van der Waals surface area contributed by atoms with E-state index in [4.69, 9.17) is 4.74 Å². The summed E-state index contributed by atoms with van der Waals surface area (Å²) in [6.07, 6.45) is -3.67. The van der Waals surface area contributed by atoms with E-state index < -0.39 is 72.4 Å². The highest BCUT2D eigenvalue weighted by molar-refractivity contribution is 6.05. The normalized spacial score (nSPS) is 14.9. The van der Waals surface area contributed by atoms with Gasteiger partial charge in [-0.05, 0) is 42.7 Å². The summed E-state index contributed by atoms with van der Waals surface area (Å²) in [5.74, 6) is -5.49. The molecule has 1 aliphatic rings. The first-order valence-corrected chi connectivity index (χ1v) is 16.7. The number of hydrogen-bond donors (Lipinski definition) is 2. The summed E-state index contributed by atoms with van der Waals surface area (Å²) in [4.78, 5) is 68.6. The molecule has 51 heavy (non-hydrogen) atoms. The van der Waals surface area contributed by atoms with Crippen molar-refractivity contribution in [2.75, 3.05) is 22.9 Å². The van der Waals surface area contributed by atoms with Crippen molar-refractivity contribution in [1.29, 1.82) is 0 Å². The smallest absolute Gasteiger partial charge is 0.471 e. The number of carboxylic acids is 1. The molecule has 0 aliphatic heterocycles. The summed E-state index contributed by atoms with van der Waals surface area (Å²) in [6, 6.07) is 21.5. The predicted molar refractivity (Wildman–Crippen MR) is 184 cm³/mol. The lowest BCUT2D eigenvalue weighted by Gasteiger charge is -2.43. The van der Waals surface area contributed by atoms with Gasteiger partial charge < -0.3 is 20.1 Å². The summed E-state index contributed by atoms with van der Waals surface area (Å²) >= 11 is 0. The van der Waals surface area contributed by atoms with E-state index in [1.54, 1.807) is 92.4 Å². The number of carbonyl (C=O) groups excluding carboxylic acids is 4. The van der Waals surface area contributed by atoms with Gasteiger partial charge in [-0.15, -0.1) is 0 Å². The van der Waals surface area contributed by atoms with Crippen LogP contribution < -0.4 is 15.1 Å². The van der Waals surface area contributed by atoms with Crippen LogP contribution in [0.1, 0.15) is 68.8 Å². The molecule has 3 aromatic rings. The van der Waals surface area contributed by atoms with Gasteiger partial charge in [-0.2, -0.15) is 13.2 Å². The number of rotatable bonds is 12. The second-order valence-corrected chi connectivity index (χ2v) is 13.7. The highest BCUT2D eigenvalue weighted by atomic mass is 19.4. The molecule has 13 heteroatoms. The molecule has 1 saturated carbocycles. The maximum absolute atomic E-state index is 13.9. The number of carboxylic acid groups (broad SMARTS) is 1. The number of nitrogens with zero attached hydrogens (tertiary/aromatic N) is 2. The molecule has 2 N–H and O–H groups in total. The Morgan fingerprint density at radius 1 is 0.804 bits per heavy atom. The quantitative estimate of drug-likeness (QED) is 0.152. The minimum Gasteiger partial charge on any atom is -0.479 e. The maximum atomic E-state index is 13.9. The average molecular weight is 710 g/mol. The highest BCUT2D eigenvalue weighted by Crippen LogP contribution is 2.37. The summed E-state index contributed by atoms with van der Waals surface area (Å²) in [5.41, 5.74) is -2.73. The van der Waals surface area contributed by atoms with E-state index in [0.717, 1.165) is 24.2 Å². The first kappa shape index (κ1) is 38.6. The SMILES string of the molecule is CC(C)(C)C(=O)CN(C(=O)OC(=O)c1ccccc1)c1ccccc1N(C[C@@](Cc1ccccc1)(NC(=O)C(F)(F)F)C(=O)O)C1CCCCC1. The number of Topliss-reactive ketones (excluding diaryl/α,β-unsaturated/α-hetero) is 1. The molecule has 0 bridgehead atoms. The Balaban J connectivity index is 1.88. The van der Waals surface area contributed by atoms with Crippen LogP contribution in [-0.2, 0) is 25.5 Å². The van der Waals surface area contributed by atoms with Gasteiger partial charge in [-0.25, -0.2) is 14.4 Å². The van der Waals surface area contributed by atoms with E-state index in [-0.39, 0.29) is 16.9 Å². The van der Waals surface area contributed by atoms with Crippen molar-refractivity contribution in [1.82, 2.24) is 5.32 Å². The molecule has 4 rings (SSSR count). The molecule has 0 radical (unpaired) electrons. The predicted octanol–water partition coefficient (Wildman–Crippen LogP) is 6.97. The van der Waals surface area contributed by atoms with Gasteiger partial charge >= 0.3 is 30.1 Å². The lowest BCUT2D eigenvalue weighted by molar-refractivity contribution is -0.177. The van der Waals surface area contributed by atoms with E-state index in [2.05, 4.69) is 0 Å². The van der Waals surface area contributed by atoms with Crippen molar-refractivity contribution in [3.05, 3.63) is 96.1 Å². The average Bonchev–Trinajstić information content (AvgIpc) is 3.09. The molecule has 1 fully saturated rings. The van der Waals surface area contributed by atoms with Crippen LogP contribution in [0.2, 0.25) is 0 Å². The van der Waals surface area contributed by atoms with Gasteiger partial charge in [-0.3, -0.25) is 14.5 Å². The Morgan fingerprint density at radius 2 is 1.35 bits per heavy atom. The Hall–Kier alpha value is -5.20. The van der Waals surface area contributed by atoms with Crippen molar-refractivity contribution >= 4 is 41.1 Å². The molecule has 3 aromatic carbocycles. The standard InChI is InChI=1S/C38H42F3N3O7/c1-36(2,3)31(45)24-43(35(50)51-32(46)27-17-9-5-10-18-27)29-21-13-14-22-30(29)44(28-19-11-6-12-20-28)25-37(34(48)49,42-33(47)38(39,40)41)23-26-15-7-4-8-16-26/h4-5,7-10,13-18,21-22,28H,6,11-12,19-20,23-25H2,1-3H3,(H,42,47)(H,48,49)/t37-/m1/s1. The topological polar surface area (TPSA) is 133 Å². The van der Waals surface area contributed by atoms with Crippen molar-refractivity contribution in [3.8, 4) is 0 Å². The van der Waals surface area contributed by atoms with Crippen LogP contribution in [0.5, 0.6) is 0 Å². The Kier molecular flexibility index (Phi) is 12.3. The molecular formula is C38H42F3N3O7. The molecule has 0 spiro atoms. The zero-order valence-electron chi connectivity index (χ0n) is 28.7. The number of aliphatic carboxylic acids is 1. The van der Waals surface area contributed by atoms with Crippen LogP contribution in [0.25, 0.3) is 0 Å². The molecule has 1 aliphatic carbocycles. The fraction of sp³-hybridized carbons (Fsp3) is 0.395. The van der Waals surface area contributed by atoms with Crippen molar-refractivity contribution in [2.24, 2.45) is 5.41 Å². The van der Waals surface area contributed by atoms with Gasteiger partial charge in [0.2, 0.25) is 0 Å². The molecule has 0 unspecified atom stereocenters. The number of hydrogen-bond acceptors (Lipinski definition) is 7. The zero-order chi connectivity index (χ0) is 37.4. The third kappa shape index (κ3) is 9.95. The molecule has 0 saturated heterocycles. The molecule has 0 heterocycles. The van der Waals surface area contributed by atoms with Gasteiger partial charge in [0, 0.05) is 17.9 Å². The fourth-order valence-corrected chi connectivity index (χ4v) is 6.00. The summed E-state index contributed by atoms with van der Waals surface area (Å²) in [7, 11) is 0.